The maximum absolute atomic E-state index is 11.4. The van der Waals surface area contributed by atoms with Crippen LogP contribution in [-0.4, -0.2) is 65.9 Å². The van der Waals surface area contributed by atoms with Crippen LogP contribution in [0.2, 0.25) is 0 Å². The van der Waals surface area contributed by atoms with Gasteiger partial charge in [0.1, 0.15) is 6.04 Å². The minimum atomic E-state index is -1.14. The number of carbonyl (C=O) groups is 2. The molecule has 1 rings (SSSR count). The van der Waals surface area contributed by atoms with Crippen molar-refractivity contribution in [1.82, 2.24) is 15.5 Å². The molecule has 0 radical (unpaired) electrons. The third-order valence-electron chi connectivity index (χ3n) is 2.94. The summed E-state index contributed by atoms with van der Waals surface area (Å²) in [5.41, 5.74) is 0. The van der Waals surface area contributed by atoms with Crippen molar-refractivity contribution in [3.63, 3.8) is 0 Å². The lowest BCUT2D eigenvalue weighted by Gasteiger charge is -2.17. The molecule has 7 heteroatoms. The second kappa shape index (κ2) is 7.17. The normalized spacial score (nSPS) is 16.4. The number of rotatable bonds is 8. The number of hydrogen-bond donors (Lipinski definition) is 4. The van der Waals surface area contributed by atoms with Gasteiger partial charge in [-0.1, -0.05) is 0 Å². The maximum Gasteiger partial charge on any atom is 0.326 e. The number of amides is 2. The summed E-state index contributed by atoms with van der Waals surface area (Å²) in [5, 5.41) is 22.4. The molecule has 0 aliphatic heterocycles. The molecule has 1 aliphatic rings. The summed E-state index contributed by atoms with van der Waals surface area (Å²) in [6.45, 7) is 0.946. The fourth-order valence-electron chi connectivity index (χ4n) is 1.64. The molecule has 0 heterocycles. The Morgan fingerprint density at radius 1 is 1.44 bits per heavy atom. The van der Waals surface area contributed by atoms with Crippen LogP contribution in [-0.2, 0) is 4.79 Å². The Morgan fingerprint density at radius 3 is 2.61 bits per heavy atom. The fourth-order valence-corrected chi connectivity index (χ4v) is 1.64. The summed E-state index contributed by atoms with van der Waals surface area (Å²) < 4.78 is 0. The lowest BCUT2D eigenvalue weighted by molar-refractivity contribution is -0.139. The van der Waals surface area contributed by atoms with E-state index in [2.05, 4.69) is 15.5 Å². The number of carboxylic acid groups (broad SMARTS) is 1. The number of carbonyl (C=O) groups excluding carboxylic acids is 1. The molecule has 1 saturated carbocycles. The van der Waals surface area contributed by atoms with Crippen molar-refractivity contribution < 1.29 is 19.8 Å². The number of aliphatic hydroxyl groups is 1. The van der Waals surface area contributed by atoms with E-state index in [0.717, 1.165) is 6.54 Å². The zero-order valence-corrected chi connectivity index (χ0v) is 10.6. The zero-order chi connectivity index (χ0) is 13.5. The smallest absolute Gasteiger partial charge is 0.326 e. The van der Waals surface area contributed by atoms with E-state index in [-0.39, 0.29) is 13.0 Å². The van der Waals surface area contributed by atoms with Gasteiger partial charge in [0, 0.05) is 32.2 Å². The molecule has 0 aromatic heterocycles. The van der Waals surface area contributed by atoms with Gasteiger partial charge in [-0.25, -0.2) is 9.59 Å². The summed E-state index contributed by atoms with van der Waals surface area (Å²) >= 11 is 0. The van der Waals surface area contributed by atoms with E-state index in [0.29, 0.717) is 12.6 Å². The first-order valence-corrected chi connectivity index (χ1v) is 6.13. The van der Waals surface area contributed by atoms with Crippen LogP contribution in [0, 0.1) is 0 Å². The number of hydrogen-bond acceptors (Lipinski definition) is 4. The van der Waals surface area contributed by atoms with Gasteiger partial charge in [-0.2, -0.15) is 0 Å². The van der Waals surface area contributed by atoms with Gasteiger partial charge < -0.3 is 25.7 Å². The van der Waals surface area contributed by atoms with Crippen LogP contribution in [0.4, 0.5) is 4.79 Å². The number of urea groups is 1. The van der Waals surface area contributed by atoms with Gasteiger partial charge in [0.2, 0.25) is 0 Å². The van der Waals surface area contributed by atoms with Crippen LogP contribution in [0.3, 0.4) is 0 Å². The van der Waals surface area contributed by atoms with E-state index in [1.165, 1.54) is 12.8 Å². The Bertz CT molecular complexity index is 294. The molecular weight excluding hydrogens is 238 g/mol. The van der Waals surface area contributed by atoms with Gasteiger partial charge in [0.05, 0.1) is 0 Å². The zero-order valence-electron chi connectivity index (χ0n) is 10.6. The van der Waals surface area contributed by atoms with E-state index in [9.17, 15) is 9.59 Å². The summed E-state index contributed by atoms with van der Waals surface area (Å²) in [6, 6.07) is -0.924. The lowest BCUT2D eigenvalue weighted by atomic mass is 10.2. The van der Waals surface area contributed by atoms with Crippen LogP contribution in [0.25, 0.3) is 0 Å². The molecule has 2 amide bonds. The van der Waals surface area contributed by atoms with Gasteiger partial charge in [-0.15, -0.1) is 0 Å². The van der Waals surface area contributed by atoms with Crippen LogP contribution >= 0.6 is 0 Å². The average molecular weight is 259 g/mol. The summed E-state index contributed by atoms with van der Waals surface area (Å²) in [5.74, 6) is -1.14. The van der Waals surface area contributed by atoms with E-state index in [4.69, 9.17) is 10.2 Å². The molecular formula is C11H21N3O4. The Balaban J connectivity index is 2.16. The Kier molecular flexibility index (Phi) is 5.87. The Morgan fingerprint density at radius 2 is 2.11 bits per heavy atom. The van der Waals surface area contributed by atoms with Crippen molar-refractivity contribution in [3.05, 3.63) is 0 Å². The third kappa shape index (κ3) is 5.33. The first-order valence-electron chi connectivity index (χ1n) is 6.13. The predicted octanol–water partition coefficient (Wildman–Crippen LogP) is -0.785. The summed E-state index contributed by atoms with van der Waals surface area (Å²) in [7, 11) is 2.00. The van der Waals surface area contributed by atoms with Crippen molar-refractivity contribution in [2.75, 3.05) is 26.7 Å². The molecule has 0 aromatic rings. The highest BCUT2D eigenvalue weighted by Gasteiger charge is 2.25. The lowest BCUT2D eigenvalue weighted by Crippen LogP contribution is -2.47. The van der Waals surface area contributed by atoms with Gasteiger partial charge in [0.25, 0.3) is 0 Å². The number of nitrogens with one attached hydrogen (secondary N) is 2. The first-order chi connectivity index (χ1) is 8.54. The highest BCUT2D eigenvalue weighted by Crippen LogP contribution is 2.24. The monoisotopic (exact) mass is 259 g/mol. The van der Waals surface area contributed by atoms with Crippen LogP contribution in [0.1, 0.15) is 19.3 Å². The van der Waals surface area contributed by atoms with Gasteiger partial charge >= 0.3 is 12.0 Å². The van der Waals surface area contributed by atoms with Crippen LogP contribution < -0.4 is 10.6 Å². The number of likely N-dealkylation sites (N-methyl/N-ethyl adjacent to an activating group) is 1. The molecule has 104 valence electrons. The van der Waals surface area contributed by atoms with E-state index in [1.54, 1.807) is 0 Å². The largest absolute Gasteiger partial charge is 0.480 e. The molecule has 0 aromatic carbocycles. The first kappa shape index (κ1) is 14.7. The number of carboxylic acids is 1. The Hall–Kier alpha value is -1.34. The molecule has 0 bridgehead atoms. The van der Waals surface area contributed by atoms with Crippen LogP contribution in [0.15, 0.2) is 0 Å². The van der Waals surface area contributed by atoms with Gasteiger partial charge in [0.15, 0.2) is 0 Å². The molecule has 0 saturated heterocycles. The molecule has 7 nitrogen and oxygen atoms in total. The van der Waals surface area contributed by atoms with E-state index >= 15 is 0 Å². The SMILES string of the molecule is CN(CCNC(=O)N[C@@H](CCO)C(=O)O)C1CC1. The number of aliphatic carboxylic acids is 1. The summed E-state index contributed by atoms with van der Waals surface area (Å²) in [6.07, 6.45) is 2.42. The molecule has 4 N–H and O–H groups in total. The van der Waals surface area contributed by atoms with Crippen molar-refractivity contribution in [2.45, 2.75) is 31.3 Å². The second-order valence-electron chi connectivity index (χ2n) is 4.52. The van der Waals surface area contributed by atoms with Crippen molar-refractivity contribution in [2.24, 2.45) is 0 Å². The Labute approximate surface area is 106 Å². The van der Waals surface area contributed by atoms with E-state index < -0.39 is 18.0 Å². The minimum Gasteiger partial charge on any atom is -0.480 e. The van der Waals surface area contributed by atoms with Gasteiger partial charge in [-0.3, -0.25) is 0 Å². The topological polar surface area (TPSA) is 102 Å². The molecule has 1 atom stereocenters. The molecule has 0 unspecified atom stereocenters. The van der Waals surface area contributed by atoms with Crippen molar-refractivity contribution >= 4 is 12.0 Å². The molecule has 18 heavy (non-hydrogen) atoms. The highest BCUT2D eigenvalue weighted by atomic mass is 16.4. The average Bonchev–Trinajstić information content (AvgIpc) is 3.11. The summed E-state index contributed by atoms with van der Waals surface area (Å²) in [4.78, 5) is 24.3. The highest BCUT2D eigenvalue weighted by molar-refractivity contribution is 5.82. The molecule has 1 aliphatic carbocycles. The van der Waals surface area contributed by atoms with Crippen LogP contribution in [0.5, 0.6) is 0 Å². The van der Waals surface area contributed by atoms with E-state index in [1.807, 2.05) is 7.05 Å². The van der Waals surface area contributed by atoms with Crippen molar-refractivity contribution in [3.8, 4) is 0 Å². The quantitative estimate of drug-likeness (QED) is 0.458. The minimum absolute atomic E-state index is 0.00469. The standard InChI is InChI=1S/C11H21N3O4/c1-14(8-2-3-8)6-5-12-11(18)13-9(4-7-15)10(16)17/h8-9,15H,2-7H2,1H3,(H,16,17)(H2,12,13,18)/t9-/m0/s1. The fraction of sp³-hybridized carbons (Fsp3) is 0.818. The van der Waals surface area contributed by atoms with Crippen molar-refractivity contribution in [1.29, 1.82) is 0 Å². The molecule has 0 spiro atoms. The third-order valence-corrected chi connectivity index (χ3v) is 2.94. The maximum atomic E-state index is 11.4. The predicted molar refractivity (Wildman–Crippen MR) is 65.3 cm³/mol. The van der Waals surface area contributed by atoms with Gasteiger partial charge in [-0.05, 0) is 19.9 Å². The molecule has 1 fully saturated rings. The number of aliphatic hydroxyl groups excluding tert-OH is 1. The number of nitrogens with zero attached hydrogens (tertiary/aromatic N) is 1. The second-order valence-corrected chi connectivity index (χ2v) is 4.52.